The third-order valence-corrected chi connectivity index (χ3v) is 7.30. The van der Waals surface area contributed by atoms with Crippen LogP contribution < -0.4 is 10.6 Å². The molecule has 34 heavy (non-hydrogen) atoms. The number of carbonyl (C=O) groups is 3. The lowest BCUT2D eigenvalue weighted by atomic mass is 9.75. The van der Waals surface area contributed by atoms with E-state index in [1.165, 1.54) is 7.11 Å². The van der Waals surface area contributed by atoms with Crippen molar-refractivity contribution in [2.45, 2.75) is 76.5 Å². The maximum atomic E-state index is 13.3. The molecule has 0 spiro atoms. The van der Waals surface area contributed by atoms with Gasteiger partial charge in [0.2, 0.25) is 11.8 Å². The molecule has 5 atom stereocenters. The number of esters is 1. The Morgan fingerprint density at radius 1 is 1.15 bits per heavy atom. The summed E-state index contributed by atoms with van der Waals surface area (Å²) in [5.74, 6) is -0.941. The summed E-state index contributed by atoms with van der Waals surface area (Å²) in [7, 11) is 1.39. The minimum Gasteiger partial charge on any atom is -0.469 e. The van der Waals surface area contributed by atoms with Crippen LogP contribution in [0.25, 0.3) is 0 Å². The van der Waals surface area contributed by atoms with Gasteiger partial charge in [0.25, 0.3) is 0 Å². The van der Waals surface area contributed by atoms with Crippen molar-refractivity contribution >= 4 is 29.4 Å². The molecule has 1 aromatic rings. The van der Waals surface area contributed by atoms with Crippen LogP contribution in [0.3, 0.4) is 0 Å². The van der Waals surface area contributed by atoms with Crippen LogP contribution in [0.1, 0.15) is 56.6 Å². The molecule has 7 nitrogen and oxygen atoms in total. The Balaban J connectivity index is 1.66. The Labute approximate surface area is 207 Å². The van der Waals surface area contributed by atoms with E-state index in [9.17, 15) is 14.4 Å². The number of ether oxygens (including phenoxy) is 2. The minimum absolute atomic E-state index is 0.0154. The fraction of sp³-hybridized carbons (Fsp3) is 0.654. The van der Waals surface area contributed by atoms with Crippen LogP contribution in [0.2, 0.25) is 0 Å². The average Bonchev–Trinajstić information content (AvgIpc) is 3.46. The number of rotatable bonds is 13. The summed E-state index contributed by atoms with van der Waals surface area (Å²) >= 11 is 6.05. The van der Waals surface area contributed by atoms with Crippen LogP contribution in [0.15, 0.2) is 24.3 Å². The van der Waals surface area contributed by atoms with Gasteiger partial charge < -0.3 is 20.1 Å². The second kappa shape index (κ2) is 13.1. The minimum atomic E-state index is -0.761. The Bertz CT molecular complexity index is 848. The molecule has 2 fully saturated rings. The molecule has 0 aromatic heterocycles. The summed E-state index contributed by atoms with van der Waals surface area (Å²) in [6.07, 6.45) is 6.27. The van der Waals surface area contributed by atoms with Crippen LogP contribution in [0.5, 0.6) is 0 Å². The lowest BCUT2D eigenvalue weighted by molar-refractivity contribution is -0.140. The zero-order valence-electron chi connectivity index (χ0n) is 20.2. The van der Waals surface area contributed by atoms with Crippen molar-refractivity contribution in [3.05, 3.63) is 35.4 Å². The van der Waals surface area contributed by atoms with Gasteiger partial charge in [-0.1, -0.05) is 44.0 Å². The topological polar surface area (TPSA) is 93.7 Å². The number of benzene rings is 1. The van der Waals surface area contributed by atoms with Gasteiger partial charge in [-0.2, -0.15) is 0 Å². The van der Waals surface area contributed by atoms with Crippen LogP contribution in [-0.4, -0.2) is 55.6 Å². The highest BCUT2D eigenvalue weighted by atomic mass is 35.5. The normalized spacial score (nSPS) is 24.0. The molecule has 2 amide bonds. The van der Waals surface area contributed by atoms with Crippen molar-refractivity contribution in [1.82, 2.24) is 10.6 Å². The molecular formula is C26H37ClN2O5. The largest absolute Gasteiger partial charge is 0.469 e. The molecule has 0 radical (unpaired) electrons. The number of methoxy groups -OCH3 is 1. The number of hydrogen-bond acceptors (Lipinski definition) is 5. The summed E-state index contributed by atoms with van der Waals surface area (Å²) in [6.45, 7) is 2.69. The second-order valence-electron chi connectivity index (χ2n) is 9.24. The first-order chi connectivity index (χ1) is 16.5. The van der Waals surface area contributed by atoms with Gasteiger partial charge >= 0.3 is 5.97 Å². The molecule has 8 heteroatoms. The van der Waals surface area contributed by atoms with Gasteiger partial charge in [0.15, 0.2) is 0 Å². The summed E-state index contributed by atoms with van der Waals surface area (Å²) in [5.41, 5.74) is 2.20. The second-order valence-corrected chi connectivity index (χ2v) is 9.55. The van der Waals surface area contributed by atoms with Gasteiger partial charge in [-0.05, 0) is 43.2 Å². The molecule has 0 saturated carbocycles. The number of unbranched alkanes of at least 4 members (excludes halogenated alkanes) is 2. The summed E-state index contributed by atoms with van der Waals surface area (Å²) in [5, 5.41) is 5.77. The fourth-order valence-corrected chi connectivity index (χ4v) is 5.36. The van der Waals surface area contributed by atoms with E-state index >= 15 is 0 Å². The molecule has 3 rings (SSSR count). The van der Waals surface area contributed by atoms with Crippen LogP contribution in [-0.2, 0) is 36.7 Å². The third kappa shape index (κ3) is 6.72. The monoisotopic (exact) mass is 492 g/mol. The lowest BCUT2D eigenvalue weighted by Crippen LogP contribution is -2.52. The van der Waals surface area contributed by atoms with Crippen LogP contribution in [0, 0.1) is 11.8 Å². The van der Waals surface area contributed by atoms with Crippen LogP contribution in [0.4, 0.5) is 0 Å². The SMILES string of the molecule is CCCCCNC(=O)[C@H](CCl)NC(=O)[C@@H]1[C@H](Cc2ccccc2CCC(=O)OC)[C@H]2CC[C@H]1O2. The highest BCUT2D eigenvalue weighted by molar-refractivity contribution is 6.20. The average molecular weight is 493 g/mol. The third-order valence-electron chi connectivity index (χ3n) is 6.99. The molecule has 2 aliphatic rings. The van der Waals surface area contributed by atoms with Crippen molar-refractivity contribution in [3.63, 3.8) is 0 Å². The first kappa shape index (κ1) is 26.5. The predicted molar refractivity (Wildman–Crippen MR) is 131 cm³/mol. The number of carbonyl (C=O) groups excluding carboxylic acids is 3. The number of amides is 2. The number of halogens is 1. The molecule has 2 bridgehead atoms. The van der Waals surface area contributed by atoms with Gasteiger partial charge in [-0.15, -0.1) is 11.6 Å². The zero-order valence-corrected chi connectivity index (χ0v) is 20.9. The Kier molecular flexibility index (Phi) is 10.2. The van der Waals surface area contributed by atoms with E-state index in [1.807, 2.05) is 18.2 Å². The summed E-state index contributed by atoms with van der Waals surface area (Å²) in [6, 6.07) is 7.25. The molecule has 2 N–H and O–H groups in total. The van der Waals surface area contributed by atoms with Gasteiger partial charge in [-0.3, -0.25) is 14.4 Å². The first-order valence-electron chi connectivity index (χ1n) is 12.4. The molecule has 0 unspecified atom stereocenters. The highest BCUT2D eigenvalue weighted by Gasteiger charge is 2.52. The van der Waals surface area contributed by atoms with Gasteiger partial charge in [0.1, 0.15) is 6.04 Å². The van der Waals surface area contributed by atoms with E-state index in [0.29, 0.717) is 25.8 Å². The van der Waals surface area contributed by atoms with Gasteiger partial charge in [-0.25, -0.2) is 0 Å². The summed E-state index contributed by atoms with van der Waals surface area (Å²) in [4.78, 5) is 37.5. The molecular weight excluding hydrogens is 456 g/mol. The maximum absolute atomic E-state index is 13.3. The summed E-state index contributed by atoms with van der Waals surface area (Å²) < 4.78 is 10.9. The lowest BCUT2D eigenvalue weighted by Gasteiger charge is -2.29. The van der Waals surface area contributed by atoms with E-state index in [0.717, 1.165) is 43.2 Å². The van der Waals surface area contributed by atoms with E-state index in [2.05, 4.69) is 23.6 Å². The number of nitrogens with one attached hydrogen (secondary N) is 2. The predicted octanol–water partition coefficient (Wildman–Crippen LogP) is 3.16. The van der Waals surface area contributed by atoms with Crippen molar-refractivity contribution in [1.29, 1.82) is 0 Å². The van der Waals surface area contributed by atoms with Gasteiger partial charge in [0.05, 0.1) is 31.1 Å². The molecule has 2 aliphatic heterocycles. The Hall–Kier alpha value is -2.12. The molecule has 188 valence electrons. The number of alkyl halides is 1. The van der Waals surface area contributed by atoms with Crippen LogP contribution >= 0.6 is 11.6 Å². The Morgan fingerprint density at radius 3 is 2.59 bits per heavy atom. The van der Waals surface area contributed by atoms with E-state index in [1.54, 1.807) is 0 Å². The maximum Gasteiger partial charge on any atom is 0.305 e. The molecule has 2 heterocycles. The standard InChI is InChI=1S/C26H37ClN2O5/c1-3-4-7-14-28-25(31)20(16-27)29-26(32)24-19(21-11-12-22(24)34-21)15-18-9-6-5-8-17(18)10-13-23(30)33-2/h5-6,8-9,19-22,24H,3-4,7,10-16H2,1-2H3,(H,28,31)(H,29,32)/t19-,20+,21-,22-,24-/m1/s1. The van der Waals surface area contributed by atoms with E-state index < -0.39 is 6.04 Å². The van der Waals surface area contributed by atoms with Crippen molar-refractivity contribution in [3.8, 4) is 0 Å². The van der Waals surface area contributed by atoms with Gasteiger partial charge in [0, 0.05) is 18.9 Å². The number of fused-ring (bicyclic) bond motifs is 2. The molecule has 1 aromatic carbocycles. The zero-order chi connectivity index (χ0) is 24.5. The van der Waals surface area contributed by atoms with Crippen molar-refractivity contribution in [2.75, 3.05) is 19.5 Å². The first-order valence-corrected chi connectivity index (χ1v) is 12.9. The number of hydrogen-bond donors (Lipinski definition) is 2. The van der Waals surface area contributed by atoms with Crippen molar-refractivity contribution < 1.29 is 23.9 Å². The molecule has 0 aliphatic carbocycles. The van der Waals surface area contributed by atoms with Crippen molar-refractivity contribution in [2.24, 2.45) is 11.8 Å². The smallest absolute Gasteiger partial charge is 0.305 e. The van der Waals surface area contributed by atoms with E-state index in [4.69, 9.17) is 21.1 Å². The molecule has 2 saturated heterocycles. The van der Waals surface area contributed by atoms with E-state index in [-0.39, 0.29) is 47.7 Å². The Morgan fingerprint density at radius 2 is 1.88 bits per heavy atom. The fourth-order valence-electron chi connectivity index (χ4n) is 5.14. The quantitative estimate of drug-likeness (QED) is 0.250. The number of aryl methyl sites for hydroxylation is 1. The highest BCUT2D eigenvalue weighted by Crippen LogP contribution is 2.45.